The first-order chi connectivity index (χ1) is 24.3. The molecule has 0 bridgehead atoms. The Labute approximate surface area is 311 Å². The first-order valence-electron chi connectivity index (χ1n) is 19.6. The highest BCUT2D eigenvalue weighted by molar-refractivity contribution is 7.92. The van der Waals surface area contributed by atoms with Gasteiger partial charge in [-0.15, -0.1) is 6.58 Å². The molecule has 0 aromatic heterocycles. The molecule has 4 rings (SSSR count). The summed E-state index contributed by atoms with van der Waals surface area (Å²) in [7, 11) is -3.56. The highest BCUT2D eigenvalue weighted by Crippen LogP contribution is 2.40. The van der Waals surface area contributed by atoms with Gasteiger partial charge in [0.05, 0.1) is 22.1 Å². The summed E-state index contributed by atoms with van der Waals surface area (Å²) in [5.41, 5.74) is -1.26. The molecule has 1 aliphatic heterocycles. The number of ketones is 1. The van der Waals surface area contributed by atoms with E-state index < -0.39 is 61.9 Å². The molecule has 294 valence electrons. The van der Waals surface area contributed by atoms with Crippen molar-refractivity contribution < 1.29 is 32.4 Å². The smallest absolute Gasteiger partial charge is 0.315 e. The van der Waals surface area contributed by atoms with Crippen LogP contribution >= 0.6 is 0 Å². The number of piperidine rings is 1. The fourth-order valence-corrected chi connectivity index (χ4v) is 9.63. The molecule has 3 aliphatic carbocycles. The molecule has 1 saturated heterocycles. The van der Waals surface area contributed by atoms with Gasteiger partial charge in [0, 0.05) is 13.1 Å². The maximum absolute atomic E-state index is 14.8. The molecule has 4 N–H and O–H groups in total. The third kappa shape index (κ3) is 10.6. The van der Waals surface area contributed by atoms with Crippen molar-refractivity contribution >= 4 is 39.4 Å². The van der Waals surface area contributed by atoms with Crippen molar-refractivity contribution in [2.24, 2.45) is 23.2 Å². The van der Waals surface area contributed by atoms with Gasteiger partial charge in [-0.25, -0.2) is 13.2 Å². The summed E-state index contributed by atoms with van der Waals surface area (Å²) < 4.78 is 25.9. The summed E-state index contributed by atoms with van der Waals surface area (Å²) in [5, 5.41) is 11.5. The molecule has 0 aromatic carbocycles. The molecule has 2 unspecified atom stereocenters. The van der Waals surface area contributed by atoms with E-state index in [1.54, 1.807) is 25.7 Å². The molecule has 4 aliphatic rings. The number of rotatable bonds is 14. The molecule has 0 spiro atoms. The maximum atomic E-state index is 14.8. The first kappa shape index (κ1) is 41.8. The minimum atomic E-state index is -3.56. The summed E-state index contributed by atoms with van der Waals surface area (Å²) in [6.45, 7) is 15.2. The number of sulfone groups is 1. The highest BCUT2D eigenvalue weighted by atomic mass is 32.2. The van der Waals surface area contributed by atoms with Crippen LogP contribution in [0, 0.1) is 23.2 Å². The van der Waals surface area contributed by atoms with Crippen molar-refractivity contribution in [2.75, 3.05) is 18.8 Å². The van der Waals surface area contributed by atoms with E-state index >= 15 is 0 Å². The summed E-state index contributed by atoms with van der Waals surface area (Å²) in [6.07, 6.45) is 12.0. The molecule has 4 atom stereocenters. The molecule has 1 heterocycles. The quantitative estimate of drug-likeness (QED) is 0.149. The molecule has 0 radical (unpaired) electrons. The molecular weight excluding hydrogens is 683 g/mol. The number of nitrogens with one attached hydrogen (secondary N) is 4. The zero-order chi connectivity index (χ0) is 38.5. The van der Waals surface area contributed by atoms with Gasteiger partial charge in [-0.2, -0.15) is 0 Å². The molecule has 13 heteroatoms. The average Bonchev–Trinajstić information content (AvgIpc) is 3.90. The van der Waals surface area contributed by atoms with Crippen LogP contribution in [0.15, 0.2) is 12.7 Å². The van der Waals surface area contributed by atoms with Gasteiger partial charge in [0.25, 0.3) is 5.91 Å². The Kier molecular flexibility index (Phi) is 13.7. The molecule has 4 fully saturated rings. The Hall–Kier alpha value is -2.96. The van der Waals surface area contributed by atoms with Crippen molar-refractivity contribution in [1.29, 1.82) is 0 Å². The molecule has 5 amide bonds. The van der Waals surface area contributed by atoms with E-state index in [1.165, 1.54) is 6.08 Å². The van der Waals surface area contributed by atoms with E-state index in [2.05, 4.69) is 48.6 Å². The predicted octanol–water partition coefficient (Wildman–Crippen LogP) is 4.57. The second-order valence-corrected chi connectivity index (χ2v) is 20.6. The number of amides is 5. The Bertz CT molecular complexity index is 1440. The van der Waals surface area contributed by atoms with Crippen LogP contribution in [-0.2, 0) is 29.0 Å². The molecule has 12 nitrogen and oxygen atoms in total. The van der Waals surface area contributed by atoms with Crippen molar-refractivity contribution in [3.05, 3.63) is 12.7 Å². The number of hydrogen-bond acceptors (Lipinski definition) is 7. The molecule has 3 saturated carbocycles. The Morgan fingerprint density at radius 3 is 2.12 bits per heavy atom. The lowest BCUT2D eigenvalue weighted by molar-refractivity contribution is -0.151. The first-order valence-corrected chi connectivity index (χ1v) is 21.3. The van der Waals surface area contributed by atoms with Gasteiger partial charge in [-0.3, -0.25) is 19.2 Å². The minimum absolute atomic E-state index is 0.0306. The summed E-state index contributed by atoms with van der Waals surface area (Å²) in [4.78, 5) is 70.6. The highest BCUT2D eigenvalue weighted by Gasteiger charge is 2.48. The van der Waals surface area contributed by atoms with Gasteiger partial charge in [0.1, 0.15) is 12.1 Å². The summed E-state index contributed by atoms with van der Waals surface area (Å²) >= 11 is 0. The van der Waals surface area contributed by atoms with Crippen molar-refractivity contribution in [2.45, 2.75) is 160 Å². The Morgan fingerprint density at radius 2 is 1.54 bits per heavy atom. The second-order valence-electron chi connectivity index (χ2n) is 17.9. The Balaban J connectivity index is 1.60. The van der Waals surface area contributed by atoms with Gasteiger partial charge in [0.15, 0.2) is 9.84 Å². The number of carbonyl (C=O) groups is 5. The Morgan fingerprint density at radius 1 is 0.923 bits per heavy atom. The van der Waals surface area contributed by atoms with Crippen LogP contribution in [0.5, 0.6) is 0 Å². The van der Waals surface area contributed by atoms with Crippen LogP contribution in [0.3, 0.4) is 0 Å². The lowest BCUT2D eigenvalue weighted by Crippen LogP contribution is -2.65. The van der Waals surface area contributed by atoms with E-state index in [0.29, 0.717) is 25.7 Å². The third-order valence-electron chi connectivity index (χ3n) is 12.3. The molecule has 52 heavy (non-hydrogen) atoms. The lowest BCUT2D eigenvalue weighted by Gasteiger charge is -2.48. The van der Waals surface area contributed by atoms with E-state index in [4.69, 9.17) is 0 Å². The largest absolute Gasteiger partial charge is 0.346 e. The normalized spacial score (nSPS) is 24.8. The van der Waals surface area contributed by atoms with Crippen molar-refractivity contribution in [3.8, 4) is 0 Å². The topological polar surface area (TPSA) is 171 Å². The predicted molar refractivity (Wildman–Crippen MR) is 202 cm³/mol. The third-order valence-corrected chi connectivity index (χ3v) is 15.1. The standard InChI is InChI=1S/C39H65N5O7S/c1-8-21-40-34(47)32(45)29(22-27-17-18-27)41-33(46)30-23-38(6,7)26(2)24-44(30)35(48)31(28-15-11-9-12-16-28)42-36(49)43-39(19-13-10-14-20-39)25-52(50,51)37(3,4)5/h8,26-31H,1,9-25H2,2-7H3,(H,40,47)(H,41,46)(H2,42,43,49)/t26?,29?,30-,31-/m0/s1. The SMILES string of the molecule is C=CCNC(=O)C(=O)C(CC1CC1)NC(=O)[C@@H]1CC(C)(C)C(C)CN1C(=O)[C@@H](NC(=O)NC1(CS(=O)(=O)C(C)(C)C)CCCCC1)C1CCCCC1. The lowest BCUT2D eigenvalue weighted by atomic mass is 9.71. The number of hydrogen-bond donors (Lipinski definition) is 4. The van der Waals surface area contributed by atoms with Gasteiger partial charge in [-0.1, -0.05) is 78.2 Å². The molecule has 0 aromatic rings. The summed E-state index contributed by atoms with van der Waals surface area (Å²) in [5.74, 6) is -2.38. The van der Waals surface area contributed by atoms with Gasteiger partial charge in [-0.05, 0) is 82.5 Å². The van der Waals surface area contributed by atoms with Crippen LogP contribution in [0.4, 0.5) is 4.79 Å². The zero-order valence-corrected chi connectivity index (χ0v) is 33.3. The van der Waals surface area contributed by atoms with Crippen LogP contribution in [-0.4, -0.2) is 90.1 Å². The molecular formula is C39H65N5O7S. The van der Waals surface area contributed by atoms with Crippen LogP contribution in [0.2, 0.25) is 0 Å². The minimum Gasteiger partial charge on any atom is -0.346 e. The van der Waals surface area contributed by atoms with Crippen LogP contribution in [0.25, 0.3) is 0 Å². The second kappa shape index (κ2) is 17.0. The van der Waals surface area contributed by atoms with E-state index in [9.17, 15) is 32.4 Å². The van der Waals surface area contributed by atoms with Crippen LogP contribution < -0.4 is 21.3 Å². The van der Waals surface area contributed by atoms with Crippen molar-refractivity contribution in [3.63, 3.8) is 0 Å². The average molecular weight is 748 g/mol. The number of nitrogens with zero attached hydrogens (tertiary/aromatic N) is 1. The fourth-order valence-electron chi connectivity index (χ4n) is 8.11. The summed E-state index contributed by atoms with van der Waals surface area (Å²) in [6, 6.07) is -3.42. The number of Topliss-reactive ketones (excluding diaryl/α,β-unsaturated/α-hetero) is 1. The zero-order valence-electron chi connectivity index (χ0n) is 32.5. The van der Waals surface area contributed by atoms with E-state index in [1.807, 2.05) is 0 Å². The number of carbonyl (C=O) groups excluding carboxylic acids is 5. The number of urea groups is 1. The van der Waals surface area contributed by atoms with Crippen LogP contribution in [0.1, 0.15) is 131 Å². The van der Waals surface area contributed by atoms with Gasteiger partial charge in [0.2, 0.25) is 17.6 Å². The number of likely N-dealkylation sites (tertiary alicyclic amines) is 1. The monoisotopic (exact) mass is 747 g/mol. The maximum Gasteiger partial charge on any atom is 0.315 e. The van der Waals surface area contributed by atoms with E-state index in [0.717, 1.165) is 64.2 Å². The van der Waals surface area contributed by atoms with Gasteiger partial charge < -0.3 is 26.2 Å². The van der Waals surface area contributed by atoms with E-state index in [-0.39, 0.29) is 47.9 Å². The van der Waals surface area contributed by atoms with Gasteiger partial charge >= 0.3 is 6.03 Å². The van der Waals surface area contributed by atoms with Crippen molar-refractivity contribution in [1.82, 2.24) is 26.2 Å². The fraction of sp³-hybridized carbons (Fsp3) is 0.821.